The van der Waals surface area contributed by atoms with Crippen molar-refractivity contribution in [3.05, 3.63) is 0 Å². The highest BCUT2D eigenvalue weighted by molar-refractivity contribution is 5.77. The summed E-state index contributed by atoms with van der Waals surface area (Å²) in [6, 6.07) is 0.510. The first-order valence-electron chi connectivity index (χ1n) is 7.43. The second-order valence-corrected chi connectivity index (χ2v) is 6.81. The van der Waals surface area contributed by atoms with Gasteiger partial charge in [-0.25, -0.2) is 0 Å². The molecule has 0 saturated carbocycles. The zero-order valence-electron chi connectivity index (χ0n) is 13.2. The molecule has 1 unspecified atom stereocenters. The molecule has 0 spiro atoms. The van der Waals surface area contributed by atoms with Crippen LogP contribution in [-0.4, -0.2) is 48.7 Å². The van der Waals surface area contributed by atoms with Crippen LogP contribution in [0.1, 0.15) is 47.5 Å². The third kappa shape index (κ3) is 6.92. The second-order valence-electron chi connectivity index (χ2n) is 6.81. The predicted molar refractivity (Wildman–Crippen MR) is 78.1 cm³/mol. The molecule has 1 rings (SSSR count). The minimum Gasteiger partial charge on any atom is -0.366 e. The normalized spacial score (nSPS) is 20.9. The molecule has 1 heterocycles. The Bertz CT molecular complexity index is 284. The van der Waals surface area contributed by atoms with Crippen LogP contribution < -0.4 is 5.32 Å². The summed E-state index contributed by atoms with van der Waals surface area (Å²) in [5.41, 5.74) is -0.246. The minimum absolute atomic E-state index is 0.129. The number of nitrogens with zero attached hydrogens (tertiary/aromatic N) is 1. The van der Waals surface area contributed by atoms with E-state index in [0.29, 0.717) is 12.0 Å². The van der Waals surface area contributed by atoms with Gasteiger partial charge in [-0.15, -0.1) is 0 Å². The maximum Gasteiger partial charge on any atom is 0.248 e. The Morgan fingerprint density at radius 3 is 2.68 bits per heavy atom. The number of rotatable bonds is 5. The number of carbonyl (C=O) groups excluding carboxylic acids is 1. The Balaban J connectivity index is 2.35. The molecule has 19 heavy (non-hydrogen) atoms. The van der Waals surface area contributed by atoms with Crippen LogP contribution in [0, 0.1) is 5.92 Å². The quantitative estimate of drug-likeness (QED) is 0.831. The first kappa shape index (κ1) is 16.4. The Hall–Kier alpha value is -0.610. The lowest BCUT2D eigenvalue weighted by Gasteiger charge is -2.34. The molecule has 0 aromatic rings. The maximum absolute atomic E-state index is 12.1. The second kappa shape index (κ2) is 7.25. The number of carbonyl (C=O) groups is 1. The van der Waals surface area contributed by atoms with E-state index < -0.39 is 0 Å². The van der Waals surface area contributed by atoms with Gasteiger partial charge in [-0.05, 0) is 46.1 Å². The molecule has 1 atom stereocenters. The molecule has 1 aliphatic heterocycles. The fraction of sp³-hybridized carbons (Fsp3) is 0.933. The summed E-state index contributed by atoms with van der Waals surface area (Å²) in [5, 5.41) is 3.46. The molecule has 1 amide bonds. The molecular weight excluding hydrogens is 240 g/mol. The van der Waals surface area contributed by atoms with Crippen molar-refractivity contribution < 1.29 is 9.53 Å². The Kier molecular flexibility index (Phi) is 6.27. The molecular formula is C15H30N2O2. The number of hydrogen-bond acceptors (Lipinski definition) is 3. The van der Waals surface area contributed by atoms with Crippen molar-refractivity contribution >= 4 is 5.91 Å². The van der Waals surface area contributed by atoms with E-state index in [2.05, 4.69) is 19.2 Å². The lowest BCUT2D eigenvalue weighted by Crippen LogP contribution is -2.45. The summed E-state index contributed by atoms with van der Waals surface area (Å²) >= 11 is 0. The van der Waals surface area contributed by atoms with E-state index in [1.165, 1.54) is 6.42 Å². The fourth-order valence-corrected chi connectivity index (χ4v) is 2.23. The number of ether oxygens (including phenoxy) is 1. The van der Waals surface area contributed by atoms with Crippen molar-refractivity contribution in [1.82, 2.24) is 10.2 Å². The van der Waals surface area contributed by atoms with Gasteiger partial charge in [0.2, 0.25) is 5.91 Å². The highest BCUT2D eigenvalue weighted by atomic mass is 16.5. The lowest BCUT2D eigenvalue weighted by atomic mass is 9.97. The molecule has 1 N–H and O–H groups in total. The van der Waals surface area contributed by atoms with Gasteiger partial charge in [0.25, 0.3) is 0 Å². The van der Waals surface area contributed by atoms with Crippen molar-refractivity contribution in [3.8, 4) is 0 Å². The molecule has 4 nitrogen and oxygen atoms in total. The van der Waals surface area contributed by atoms with Crippen molar-refractivity contribution in [3.63, 3.8) is 0 Å². The third-order valence-electron chi connectivity index (χ3n) is 3.32. The van der Waals surface area contributed by atoms with Gasteiger partial charge < -0.3 is 15.0 Å². The summed E-state index contributed by atoms with van der Waals surface area (Å²) in [6.07, 6.45) is 2.31. The van der Waals surface area contributed by atoms with Gasteiger partial charge >= 0.3 is 0 Å². The smallest absolute Gasteiger partial charge is 0.248 e. The van der Waals surface area contributed by atoms with Crippen molar-refractivity contribution in [2.24, 2.45) is 5.92 Å². The number of nitrogens with one attached hydrogen (secondary N) is 1. The average molecular weight is 270 g/mol. The van der Waals surface area contributed by atoms with Crippen LogP contribution in [0.4, 0.5) is 0 Å². The minimum atomic E-state index is -0.246. The summed E-state index contributed by atoms with van der Waals surface area (Å²) in [7, 11) is 0. The highest BCUT2D eigenvalue weighted by Crippen LogP contribution is 2.17. The van der Waals surface area contributed by atoms with E-state index in [1.54, 1.807) is 0 Å². The van der Waals surface area contributed by atoms with Crippen LogP contribution in [0.15, 0.2) is 0 Å². The average Bonchev–Trinajstić information content (AvgIpc) is 2.33. The number of piperidine rings is 1. The molecule has 4 heteroatoms. The number of likely N-dealkylation sites (tertiary alicyclic amines) is 1. The summed E-state index contributed by atoms with van der Waals surface area (Å²) < 4.78 is 5.57. The summed E-state index contributed by atoms with van der Waals surface area (Å²) in [5.74, 6) is 0.707. The Morgan fingerprint density at radius 1 is 1.42 bits per heavy atom. The van der Waals surface area contributed by atoms with Gasteiger partial charge in [0, 0.05) is 19.1 Å². The van der Waals surface area contributed by atoms with E-state index >= 15 is 0 Å². The van der Waals surface area contributed by atoms with Gasteiger partial charge in [0.1, 0.15) is 6.61 Å². The van der Waals surface area contributed by atoms with Crippen LogP contribution in [0.3, 0.4) is 0 Å². The van der Waals surface area contributed by atoms with E-state index in [0.717, 1.165) is 26.1 Å². The molecule has 0 aromatic carbocycles. The van der Waals surface area contributed by atoms with Crippen LogP contribution in [0.25, 0.3) is 0 Å². The van der Waals surface area contributed by atoms with Crippen LogP contribution in [0.2, 0.25) is 0 Å². The zero-order valence-corrected chi connectivity index (χ0v) is 13.2. The van der Waals surface area contributed by atoms with Crippen LogP contribution in [-0.2, 0) is 9.53 Å². The topological polar surface area (TPSA) is 41.6 Å². The standard InChI is InChI=1S/C15H30N2O2/c1-12(2)16-9-13-7-6-8-17(10-13)14(18)11-19-15(3,4)5/h12-13,16H,6-11H2,1-5H3. The monoisotopic (exact) mass is 270 g/mol. The molecule has 0 aromatic heterocycles. The molecule has 1 aliphatic rings. The highest BCUT2D eigenvalue weighted by Gasteiger charge is 2.24. The predicted octanol–water partition coefficient (Wildman–Crippen LogP) is 2.04. The van der Waals surface area contributed by atoms with Crippen molar-refractivity contribution in [1.29, 1.82) is 0 Å². The Labute approximate surface area is 117 Å². The first-order valence-corrected chi connectivity index (χ1v) is 7.43. The fourth-order valence-electron chi connectivity index (χ4n) is 2.23. The van der Waals surface area contributed by atoms with Gasteiger partial charge in [-0.1, -0.05) is 13.8 Å². The molecule has 1 saturated heterocycles. The van der Waals surface area contributed by atoms with Gasteiger partial charge in [0.05, 0.1) is 5.60 Å². The number of hydrogen-bond donors (Lipinski definition) is 1. The van der Waals surface area contributed by atoms with Crippen LogP contribution in [0.5, 0.6) is 0 Å². The molecule has 112 valence electrons. The van der Waals surface area contributed by atoms with Crippen molar-refractivity contribution in [2.75, 3.05) is 26.2 Å². The largest absolute Gasteiger partial charge is 0.366 e. The number of amides is 1. The SMILES string of the molecule is CC(C)NCC1CCCN(C(=O)COC(C)(C)C)C1. The van der Waals surface area contributed by atoms with E-state index in [9.17, 15) is 4.79 Å². The maximum atomic E-state index is 12.1. The lowest BCUT2D eigenvalue weighted by molar-refractivity contribution is -0.142. The van der Waals surface area contributed by atoms with Crippen molar-refractivity contribution in [2.45, 2.75) is 59.1 Å². The Morgan fingerprint density at radius 2 is 2.11 bits per heavy atom. The van der Waals surface area contributed by atoms with E-state index in [-0.39, 0.29) is 18.1 Å². The van der Waals surface area contributed by atoms with Crippen LogP contribution >= 0.6 is 0 Å². The molecule has 0 bridgehead atoms. The summed E-state index contributed by atoms with van der Waals surface area (Å²) in [6.45, 7) is 13.2. The first-order chi connectivity index (χ1) is 8.78. The van der Waals surface area contributed by atoms with Gasteiger partial charge in [0.15, 0.2) is 0 Å². The molecule has 1 fully saturated rings. The zero-order chi connectivity index (χ0) is 14.5. The van der Waals surface area contributed by atoms with E-state index in [4.69, 9.17) is 4.74 Å². The summed E-state index contributed by atoms with van der Waals surface area (Å²) in [4.78, 5) is 14.1. The third-order valence-corrected chi connectivity index (χ3v) is 3.32. The van der Waals surface area contributed by atoms with E-state index in [1.807, 2.05) is 25.7 Å². The van der Waals surface area contributed by atoms with Gasteiger partial charge in [-0.3, -0.25) is 4.79 Å². The molecule has 0 aliphatic carbocycles. The van der Waals surface area contributed by atoms with Gasteiger partial charge in [-0.2, -0.15) is 0 Å². The molecule has 0 radical (unpaired) electrons.